The van der Waals surface area contributed by atoms with Gasteiger partial charge in [0, 0.05) is 12.7 Å². The molecule has 0 bridgehead atoms. The third kappa shape index (κ3) is 2.87. The first kappa shape index (κ1) is 18.0. The lowest BCUT2D eigenvalue weighted by molar-refractivity contribution is -0.139. The number of nitrogens with one attached hydrogen (secondary N) is 1. The molecule has 2 heterocycles. The summed E-state index contributed by atoms with van der Waals surface area (Å²) in [6, 6.07) is 10.4. The number of fused-ring (bicyclic) bond motifs is 2. The van der Waals surface area contributed by atoms with E-state index in [1.54, 1.807) is 24.8 Å². The molecule has 0 saturated carbocycles. The molecule has 0 radical (unpaired) electrons. The van der Waals surface area contributed by atoms with E-state index in [1.165, 1.54) is 6.33 Å². The first-order chi connectivity index (χ1) is 13.7. The van der Waals surface area contributed by atoms with E-state index < -0.39 is 12.0 Å². The Kier molecular flexibility index (Phi) is 4.70. The Morgan fingerprint density at radius 1 is 1.29 bits per heavy atom. The van der Waals surface area contributed by atoms with Crippen molar-refractivity contribution in [2.75, 3.05) is 25.6 Å². The molecule has 1 atom stereocenters. The highest BCUT2D eigenvalue weighted by Gasteiger charge is 2.37. The first-order valence-electron chi connectivity index (χ1n) is 8.92. The second kappa shape index (κ2) is 7.32. The quantitative estimate of drug-likeness (QED) is 0.657. The van der Waals surface area contributed by atoms with Crippen LogP contribution in [0.1, 0.15) is 18.5 Å². The Labute approximate surface area is 161 Å². The molecule has 28 heavy (non-hydrogen) atoms. The highest BCUT2D eigenvalue weighted by Crippen LogP contribution is 2.42. The Bertz CT molecular complexity index is 1070. The molecule has 2 aromatic carbocycles. The number of phenolic OH excluding ortho intramolecular Hbond substituents is 1. The summed E-state index contributed by atoms with van der Waals surface area (Å²) >= 11 is 0. The predicted octanol–water partition coefficient (Wildman–Crippen LogP) is 2.62. The minimum absolute atomic E-state index is 0.0608. The lowest BCUT2D eigenvalue weighted by Gasteiger charge is -2.30. The monoisotopic (exact) mass is 380 g/mol. The van der Waals surface area contributed by atoms with Crippen LogP contribution in [0, 0.1) is 0 Å². The molecular weight excluding hydrogens is 360 g/mol. The van der Waals surface area contributed by atoms with Crippen molar-refractivity contribution in [3.63, 3.8) is 0 Å². The van der Waals surface area contributed by atoms with E-state index >= 15 is 0 Å². The van der Waals surface area contributed by atoms with Gasteiger partial charge in [-0.25, -0.2) is 9.48 Å². The second-order valence-electron chi connectivity index (χ2n) is 6.32. The number of hydrogen-bond donors (Lipinski definition) is 2. The molecule has 8 heteroatoms. The molecule has 1 aliphatic rings. The van der Waals surface area contributed by atoms with Crippen molar-refractivity contribution in [3.05, 3.63) is 59.6 Å². The number of anilines is 1. The van der Waals surface area contributed by atoms with Crippen LogP contribution in [0.2, 0.25) is 0 Å². The van der Waals surface area contributed by atoms with Gasteiger partial charge in [-0.1, -0.05) is 30.3 Å². The number of esters is 1. The van der Waals surface area contributed by atoms with Gasteiger partial charge in [0.1, 0.15) is 18.1 Å². The van der Waals surface area contributed by atoms with Crippen LogP contribution in [-0.4, -0.2) is 46.2 Å². The van der Waals surface area contributed by atoms with Crippen LogP contribution < -0.4 is 5.32 Å². The number of carbonyl (C=O) groups excluding carboxylic acids is 1. The smallest absolute Gasteiger partial charge is 0.338 e. The van der Waals surface area contributed by atoms with E-state index in [0.29, 0.717) is 22.8 Å². The number of rotatable bonds is 5. The van der Waals surface area contributed by atoms with E-state index in [2.05, 4.69) is 15.4 Å². The molecule has 144 valence electrons. The van der Waals surface area contributed by atoms with Gasteiger partial charge in [-0.15, -0.1) is 0 Å². The molecule has 0 spiro atoms. The van der Waals surface area contributed by atoms with E-state index in [4.69, 9.17) is 9.47 Å². The Morgan fingerprint density at radius 3 is 2.89 bits per heavy atom. The van der Waals surface area contributed by atoms with Gasteiger partial charge in [0.25, 0.3) is 0 Å². The third-order valence-corrected chi connectivity index (χ3v) is 4.68. The SMILES string of the molecule is CCOC(=O)C1=C(COC)Nc2ncnn2C1c1c(O)ccc2ccccc12. The minimum Gasteiger partial charge on any atom is -0.508 e. The summed E-state index contributed by atoms with van der Waals surface area (Å²) < 4.78 is 12.2. The number of carbonyl (C=O) groups is 1. The van der Waals surface area contributed by atoms with Crippen LogP contribution in [0.15, 0.2) is 54.0 Å². The maximum absolute atomic E-state index is 12.9. The summed E-state index contributed by atoms with van der Waals surface area (Å²) in [5.41, 5.74) is 1.41. The van der Waals surface area contributed by atoms with Gasteiger partial charge < -0.3 is 19.9 Å². The van der Waals surface area contributed by atoms with Crippen molar-refractivity contribution in [2.45, 2.75) is 13.0 Å². The average Bonchev–Trinajstić information content (AvgIpc) is 3.16. The van der Waals surface area contributed by atoms with E-state index in [-0.39, 0.29) is 19.0 Å². The molecule has 0 amide bonds. The maximum atomic E-state index is 12.9. The topological polar surface area (TPSA) is 98.5 Å². The second-order valence-corrected chi connectivity index (χ2v) is 6.32. The molecule has 4 rings (SSSR count). The largest absolute Gasteiger partial charge is 0.508 e. The number of benzene rings is 2. The zero-order chi connectivity index (χ0) is 19.7. The van der Waals surface area contributed by atoms with Crippen LogP contribution in [-0.2, 0) is 14.3 Å². The average molecular weight is 380 g/mol. The highest BCUT2D eigenvalue weighted by atomic mass is 16.5. The standard InChI is InChI=1S/C20H20N4O4/c1-3-28-19(26)17-14(10-27-2)23-20-21-11-22-24(20)18(17)16-13-7-5-4-6-12(13)8-9-15(16)25/h4-9,11,18,25H,3,10H2,1-2H3,(H,21,22,23). The Morgan fingerprint density at radius 2 is 2.11 bits per heavy atom. The van der Waals surface area contributed by atoms with Crippen LogP contribution in [0.3, 0.4) is 0 Å². The summed E-state index contributed by atoms with van der Waals surface area (Å²) in [6.07, 6.45) is 1.40. The number of aromatic nitrogens is 3. The van der Waals surface area contributed by atoms with Crippen molar-refractivity contribution in [1.82, 2.24) is 14.8 Å². The number of nitrogens with zero attached hydrogens (tertiary/aromatic N) is 3. The Balaban J connectivity index is 2.02. The van der Waals surface area contributed by atoms with Crippen molar-refractivity contribution in [1.29, 1.82) is 0 Å². The molecular formula is C20H20N4O4. The van der Waals surface area contributed by atoms with Gasteiger partial charge >= 0.3 is 5.97 Å². The van der Waals surface area contributed by atoms with Crippen molar-refractivity contribution in [3.8, 4) is 5.75 Å². The lowest BCUT2D eigenvalue weighted by Crippen LogP contribution is -2.32. The lowest BCUT2D eigenvalue weighted by atomic mass is 9.90. The zero-order valence-electron chi connectivity index (χ0n) is 15.5. The number of methoxy groups -OCH3 is 1. The summed E-state index contributed by atoms with van der Waals surface area (Å²) in [5.74, 6) is 0.0172. The van der Waals surface area contributed by atoms with Crippen LogP contribution in [0.5, 0.6) is 5.75 Å². The normalized spacial score (nSPS) is 16.0. The molecule has 0 saturated heterocycles. The van der Waals surface area contributed by atoms with E-state index in [0.717, 1.165) is 10.8 Å². The van der Waals surface area contributed by atoms with Crippen molar-refractivity contribution < 1.29 is 19.4 Å². The summed E-state index contributed by atoms with van der Waals surface area (Å²) in [7, 11) is 1.54. The van der Waals surface area contributed by atoms with Gasteiger partial charge in [-0.3, -0.25) is 0 Å². The number of aromatic hydroxyl groups is 1. The molecule has 3 aromatic rings. The molecule has 2 N–H and O–H groups in total. The fourth-order valence-electron chi connectivity index (χ4n) is 3.56. The maximum Gasteiger partial charge on any atom is 0.338 e. The molecule has 1 aromatic heterocycles. The van der Waals surface area contributed by atoms with Crippen molar-refractivity contribution >= 4 is 22.7 Å². The van der Waals surface area contributed by atoms with E-state index in [9.17, 15) is 9.90 Å². The summed E-state index contributed by atoms with van der Waals surface area (Å²) in [4.78, 5) is 17.2. The van der Waals surface area contributed by atoms with Crippen LogP contribution in [0.4, 0.5) is 5.95 Å². The van der Waals surface area contributed by atoms with Gasteiger partial charge in [0.05, 0.1) is 24.5 Å². The van der Waals surface area contributed by atoms with Gasteiger partial charge in [0.2, 0.25) is 5.95 Å². The highest BCUT2D eigenvalue weighted by molar-refractivity contribution is 5.96. The fourth-order valence-corrected chi connectivity index (χ4v) is 3.56. The van der Waals surface area contributed by atoms with Gasteiger partial charge in [0.15, 0.2) is 0 Å². The fraction of sp³-hybridized carbons (Fsp3) is 0.250. The molecule has 1 unspecified atom stereocenters. The zero-order valence-corrected chi connectivity index (χ0v) is 15.5. The third-order valence-electron chi connectivity index (χ3n) is 4.68. The first-order valence-corrected chi connectivity index (χ1v) is 8.92. The van der Waals surface area contributed by atoms with Gasteiger partial charge in [-0.2, -0.15) is 10.1 Å². The minimum atomic E-state index is -0.714. The van der Waals surface area contributed by atoms with Gasteiger partial charge in [-0.05, 0) is 23.8 Å². The Hall–Kier alpha value is -3.39. The number of ether oxygens (including phenoxy) is 2. The molecule has 1 aliphatic heterocycles. The number of phenols is 1. The van der Waals surface area contributed by atoms with Crippen LogP contribution in [0.25, 0.3) is 10.8 Å². The van der Waals surface area contributed by atoms with Crippen molar-refractivity contribution in [2.24, 2.45) is 0 Å². The van der Waals surface area contributed by atoms with Crippen LogP contribution >= 0.6 is 0 Å². The molecule has 0 aliphatic carbocycles. The predicted molar refractivity (Wildman–Crippen MR) is 103 cm³/mol. The van der Waals surface area contributed by atoms with E-state index in [1.807, 2.05) is 30.3 Å². The molecule has 0 fully saturated rings. The number of hydrogen-bond acceptors (Lipinski definition) is 7. The molecule has 8 nitrogen and oxygen atoms in total. The summed E-state index contributed by atoms with van der Waals surface area (Å²) in [5, 5.41) is 19.9. The summed E-state index contributed by atoms with van der Waals surface area (Å²) in [6.45, 7) is 2.13.